The van der Waals surface area contributed by atoms with Crippen LogP contribution in [-0.2, 0) is 6.54 Å². The van der Waals surface area contributed by atoms with Gasteiger partial charge >= 0.3 is 6.18 Å². The standard InChI is InChI=1S/C12H15F3N4OS/c1-21-6-4-8(16)11-17-10(9-3-2-5-20-9)18-19(11)7-12(13,14)15/h2-3,5,8H,4,6-7,16H2,1H3/t8-/m0/s1. The fourth-order valence-electron chi connectivity index (χ4n) is 1.80. The number of thioether (sulfide) groups is 1. The van der Waals surface area contributed by atoms with Gasteiger partial charge in [-0.3, -0.25) is 0 Å². The van der Waals surface area contributed by atoms with Gasteiger partial charge in [0.25, 0.3) is 0 Å². The molecule has 0 spiro atoms. The number of furan rings is 1. The molecule has 2 N–H and O–H groups in total. The Labute approximate surface area is 123 Å². The van der Waals surface area contributed by atoms with Crippen molar-refractivity contribution in [3.63, 3.8) is 0 Å². The number of nitrogens with zero attached hydrogens (tertiary/aromatic N) is 3. The Morgan fingerprint density at radius 3 is 2.81 bits per heavy atom. The molecule has 2 heterocycles. The predicted octanol–water partition coefficient (Wildman–Crippen LogP) is 2.85. The predicted molar refractivity (Wildman–Crippen MR) is 73.7 cm³/mol. The first-order valence-corrected chi connectivity index (χ1v) is 7.60. The van der Waals surface area contributed by atoms with Crippen molar-refractivity contribution in [3.8, 4) is 11.6 Å². The van der Waals surface area contributed by atoms with Gasteiger partial charge in [-0.15, -0.1) is 5.10 Å². The summed E-state index contributed by atoms with van der Waals surface area (Å²) in [5, 5.41) is 3.87. The monoisotopic (exact) mass is 320 g/mol. The van der Waals surface area contributed by atoms with E-state index in [0.29, 0.717) is 12.2 Å². The van der Waals surface area contributed by atoms with Crippen LogP contribution in [0.2, 0.25) is 0 Å². The minimum Gasteiger partial charge on any atom is -0.461 e. The molecule has 2 aromatic heterocycles. The van der Waals surface area contributed by atoms with E-state index in [1.165, 1.54) is 6.26 Å². The van der Waals surface area contributed by atoms with Crippen LogP contribution < -0.4 is 5.73 Å². The minimum atomic E-state index is -4.39. The van der Waals surface area contributed by atoms with Crippen molar-refractivity contribution in [2.75, 3.05) is 12.0 Å². The highest BCUT2D eigenvalue weighted by molar-refractivity contribution is 7.98. The molecule has 9 heteroatoms. The van der Waals surface area contributed by atoms with Crippen LogP contribution in [-0.4, -0.2) is 32.9 Å². The number of rotatable bonds is 6. The second-order valence-corrected chi connectivity index (χ2v) is 5.42. The van der Waals surface area contributed by atoms with Crippen molar-refractivity contribution in [2.24, 2.45) is 5.73 Å². The molecule has 0 bridgehead atoms. The van der Waals surface area contributed by atoms with E-state index in [2.05, 4.69) is 10.1 Å². The van der Waals surface area contributed by atoms with Crippen molar-refractivity contribution in [1.29, 1.82) is 0 Å². The Morgan fingerprint density at radius 1 is 1.48 bits per heavy atom. The van der Waals surface area contributed by atoms with Gasteiger partial charge in [-0.1, -0.05) is 0 Å². The molecule has 21 heavy (non-hydrogen) atoms. The highest BCUT2D eigenvalue weighted by Crippen LogP contribution is 2.24. The van der Waals surface area contributed by atoms with E-state index in [0.717, 1.165) is 10.4 Å². The zero-order valence-corrected chi connectivity index (χ0v) is 12.1. The zero-order chi connectivity index (χ0) is 15.5. The second kappa shape index (κ2) is 6.52. The summed E-state index contributed by atoms with van der Waals surface area (Å²) < 4.78 is 43.8. The third-order valence-electron chi connectivity index (χ3n) is 2.74. The van der Waals surface area contributed by atoms with Crippen molar-refractivity contribution in [3.05, 3.63) is 24.2 Å². The first kappa shape index (κ1) is 15.9. The summed E-state index contributed by atoms with van der Waals surface area (Å²) in [5.41, 5.74) is 5.93. The molecule has 2 aromatic rings. The van der Waals surface area contributed by atoms with Crippen LogP contribution in [0.15, 0.2) is 22.8 Å². The second-order valence-electron chi connectivity index (χ2n) is 4.43. The van der Waals surface area contributed by atoms with Gasteiger partial charge in [0, 0.05) is 0 Å². The molecule has 0 aliphatic rings. The lowest BCUT2D eigenvalue weighted by atomic mass is 10.2. The fourth-order valence-corrected chi connectivity index (χ4v) is 2.29. The molecule has 5 nitrogen and oxygen atoms in total. The van der Waals surface area contributed by atoms with Crippen LogP contribution in [0.25, 0.3) is 11.6 Å². The average Bonchev–Trinajstić information content (AvgIpc) is 3.02. The van der Waals surface area contributed by atoms with E-state index < -0.39 is 18.8 Å². The van der Waals surface area contributed by atoms with E-state index >= 15 is 0 Å². The molecule has 0 aromatic carbocycles. The molecule has 0 saturated heterocycles. The summed E-state index contributed by atoms with van der Waals surface area (Å²) in [6, 6.07) is 2.61. The summed E-state index contributed by atoms with van der Waals surface area (Å²) in [6.07, 6.45) is -0.550. The first-order valence-electron chi connectivity index (χ1n) is 6.20. The molecular weight excluding hydrogens is 305 g/mol. The van der Waals surface area contributed by atoms with Crippen LogP contribution in [0.1, 0.15) is 18.3 Å². The minimum absolute atomic E-state index is 0.110. The molecule has 116 valence electrons. The Bertz CT molecular complexity index is 568. The number of hydrogen-bond donors (Lipinski definition) is 1. The number of halogens is 3. The molecular formula is C12H15F3N4OS. The molecule has 2 rings (SSSR count). The molecule has 1 atom stereocenters. The summed E-state index contributed by atoms with van der Waals surface area (Å²) in [4.78, 5) is 4.11. The first-order chi connectivity index (χ1) is 9.90. The van der Waals surface area contributed by atoms with E-state index in [9.17, 15) is 13.2 Å². The molecule has 0 unspecified atom stereocenters. The fraction of sp³-hybridized carbons (Fsp3) is 0.500. The van der Waals surface area contributed by atoms with Crippen molar-refractivity contribution < 1.29 is 17.6 Å². The van der Waals surface area contributed by atoms with Crippen molar-refractivity contribution in [2.45, 2.75) is 25.2 Å². The summed E-state index contributed by atoms with van der Waals surface area (Å²) in [6.45, 7) is -1.22. The zero-order valence-electron chi connectivity index (χ0n) is 11.3. The Hall–Kier alpha value is -1.48. The van der Waals surface area contributed by atoms with Gasteiger partial charge in [-0.2, -0.15) is 24.9 Å². The SMILES string of the molecule is CSCC[C@H](N)c1nc(-c2ccco2)nn1CC(F)(F)F. The maximum absolute atomic E-state index is 12.6. The Balaban J connectivity index is 2.31. The summed E-state index contributed by atoms with van der Waals surface area (Å²) >= 11 is 1.57. The highest BCUT2D eigenvalue weighted by Gasteiger charge is 2.31. The molecule has 0 radical (unpaired) electrons. The number of nitrogens with two attached hydrogens (primary N) is 1. The lowest BCUT2D eigenvalue weighted by Crippen LogP contribution is -2.24. The van der Waals surface area contributed by atoms with Gasteiger partial charge < -0.3 is 10.2 Å². The van der Waals surface area contributed by atoms with E-state index in [4.69, 9.17) is 10.2 Å². The number of hydrogen-bond acceptors (Lipinski definition) is 5. The smallest absolute Gasteiger partial charge is 0.408 e. The van der Waals surface area contributed by atoms with E-state index in [-0.39, 0.29) is 11.6 Å². The average molecular weight is 320 g/mol. The van der Waals surface area contributed by atoms with Crippen molar-refractivity contribution in [1.82, 2.24) is 14.8 Å². The quantitative estimate of drug-likeness (QED) is 0.886. The van der Waals surface area contributed by atoms with E-state index in [1.807, 2.05) is 6.26 Å². The highest BCUT2D eigenvalue weighted by atomic mass is 32.2. The van der Waals surface area contributed by atoms with Crippen LogP contribution in [0, 0.1) is 0 Å². The number of aromatic nitrogens is 3. The van der Waals surface area contributed by atoms with Gasteiger partial charge in [-0.25, -0.2) is 9.67 Å². The lowest BCUT2D eigenvalue weighted by molar-refractivity contribution is -0.143. The van der Waals surface area contributed by atoms with Crippen LogP contribution >= 0.6 is 11.8 Å². The Kier molecular flexibility index (Phi) is 4.94. The maximum Gasteiger partial charge on any atom is 0.408 e. The topological polar surface area (TPSA) is 69.9 Å². The van der Waals surface area contributed by atoms with Crippen LogP contribution in [0.4, 0.5) is 13.2 Å². The van der Waals surface area contributed by atoms with E-state index in [1.54, 1.807) is 23.9 Å². The Morgan fingerprint density at radius 2 is 2.24 bits per heavy atom. The van der Waals surface area contributed by atoms with Gasteiger partial charge in [0.05, 0.1) is 12.3 Å². The maximum atomic E-state index is 12.6. The van der Waals surface area contributed by atoms with Gasteiger partial charge in [0.1, 0.15) is 12.4 Å². The van der Waals surface area contributed by atoms with Crippen LogP contribution in [0.3, 0.4) is 0 Å². The molecule has 0 saturated carbocycles. The van der Waals surface area contributed by atoms with Crippen LogP contribution in [0.5, 0.6) is 0 Å². The molecule has 0 aliphatic carbocycles. The molecule has 0 aliphatic heterocycles. The third-order valence-corrected chi connectivity index (χ3v) is 3.38. The summed E-state index contributed by atoms with van der Waals surface area (Å²) in [7, 11) is 0. The van der Waals surface area contributed by atoms with Crippen molar-refractivity contribution >= 4 is 11.8 Å². The normalized spacial score (nSPS) is 13.6. The third kappa shape index (κ3) is 4.24. The summed E-state index contributed by atoms with van der Waals surface area (Å²) in [5.74, 6) is 1.27. The largest absolute Gasteiger partial charge is 0.461 e. The number of alkyl halides is 3. The van der Waals surface area contributed by atoms with Gasteiger partial charge in [0.2, 0.25) is 5.82 Å². The van der Waals surface area contributed by atoms with Gasteiger partial charge in [0.15, 0.2) is 5.76 Å². The molecule has 0 amide bonds. The molecule has 0 fully saturated rings. The lowest BCUT2D eigenvalue weighted by Gasteiger charge is -2.13. The van der Waals surface area contributed by atoms with Gasteiger partial charge in [-0.05, 0) is 30.6 Å².